The maximum Gasteiger partial charge on any atom is 0.0680 e. The summed E-state index contributed by atoms with van der Waals surface area (Å²) in [6.45, 7) is 1.08. The third kappa shape index (κ3) is 3.98. The molecule has 0 unspecified atom stereocenters. The molecular weight excluding hydrogens is 398 g/mol. The fourth-order valence-electron chi connectivity index (χ4n) is 2.51. The Hall–Kier alpha value is -0.260. The van der Waals surface area contributed by atoms with Gasteiger partial charge in [0, 0.05) is 22.3 Å². The summed E-state index contributed by atoms with van der Waals surface area (Å²) in [4.78, 5) is 2.23. The summed E-state index contributed by atoms with van der Waals surface area (Å²) >= 11 is 7.44. The van der Waals surface area contributed by atoms with Crippen LogP contribution in [0.15, 0.2) is 44.4 Å². The van der Waals surface area contributed by atoms with E-state index < -0.39 is 0 Å². The van der Waals surface area contributed by atoms with Crippen molar-refractivity contribution in [2.75, 3.05) is 20.6 Å². The lowest BCUT2D eigenvalue weighted by atomic mass is 9.95. The van der Waals surface area contributed by atoms with E-state index in [4.69, 9.17) is 0 Å². The standard InChI is InChI=1S/C17H18BrNS2.ClH/c1-19(2)8-3-4-14-15-7-9-20-17(15)21-11-12-5-6-13(18)10-16(12)14;/h4-7,9-10H,3,8,11H2,1-2H3;1H/b14-4+;. The van der Waals surface area contributed by atoms with Crippen LogP contribution >= 0.6 is 51.4 Å². The van der Waals surface area contributed by atoms with Gasteiger partial charge in [-0.15, -0.1) is 35.5 Å². The predicted octanol–water partition coefficient (Wildman–Crippen LogP) is 5.92. The minimum Gasteiger partial charge on any atom is -0.309 e. The van der Waals surface area contributed by atoms with Gasteiger partial charge >= 0.3 is 0 Å². The Morgan fingerprint density at radius 2 is 2.05 bits per heavy atom. The number of halogens is 2. The van der Waals surface area contributed by atoms with Gasteiger partial charge in [0.2, 0.25) is 0 Å². The molecule has 1 nitrogen and oxygen atoms in total. The first-order valence-electron chi connectivity index (χ1n) is 6.99. The van der Waals surface area contributed by atoms with Crippen molar-refractivity contribution in [3.63, 3.8) is 0 Å². The Balaban J connectivity index is 0.00000176. The minimum absolute atomic E-state index is 0. The van der Waals surface area contributed by atoms with Crippen LogP contribution in [0, 0.1) is 0 Å². The van der Waals surface area contributed by atoms with Crippen LogP contribution in [0.1, 0.15) is 23.1 Å². The topological polar surface area (TPSA) is 3.24 Å². The quantitative estimate of drug-likeness (QED) is 0.611. The fourth-order valence-corrected chi connectivity index (χ4v) is 4.99. The first-order valence-corrected chi connectivity index (χ1v) is 9.65. The molecule has 1 aliphatic rings. The molecule has 0 saturated carbocycles. The first-order chi connectivity index (χ1) is 10.1. The van der Waals surface area contributed by atoms with Crippen LogP contribution in [0.3, 0.4) is 0 Å². The molecule has 2 aromatic rings. The highest BCUT2D eigenvalue weighted by Gasteiger charge is 2.19. The van der Waals surface area contributed by atoms with E-state index in [1.165, 1.54) is 26.5 Å². The number of benzene rings is 1. The fraction of sp³-hybridized carbons (Fsp3) is 0.294. The lowest BCUT2D eigenvalue weighted by molar-refractivity contribution is 0.417. The number of thioether (sulfide) groups is 1. The van der Waals surface area contributed by atoms with E-state index in [9.17, 15) is 0 Å². The first kappa shape index (κ1) is 18.1. The Bertz CT molecular complexity index is 679. The average Bonchev–Trinajstić information content (AvgIpc) is 2.85. The van der Waals surface area contributed by atoms with Crippen LogP contribution in [-0.2, 0) is 5.75 Å². The van der Waals surface area contributed by atoms with Crippen molar-refractivity contribution in [3.05, 3.63) is 56.9 Å². The largest absolute Gasteiger partial charge is 0.309 e. The number of rotatable bonds is 3. The summed E-state index contributed by atoms with van der Waals surface area (Å²) in [6.07, 6.45) is 3.48. The molecule has 22 heavy (non-hydrogen) atoms. The summed E-state index contributed by atoms with van der Waals surface area (Å²) < 4.78 is 2.60. The highest BCUT2D eigenvalue weighted by Crippen LogP contribution is 2.43. The molecule has 0 amide bonds. The average molecular weight is 417 g/mol. The lowest BCUT2D eigenvalue weighted by Gasteiger charge is -2.12. The summed E-state index contributed by atoms with van der Waals surface area (Å²) in [5, 5.41) is 2.21. The van der Waals surface area contributed by atoms with Crippen molar-refractivity contribution in [3.8, 4) is 0 Å². The smallest absolute Gasteiger partial charge is 0.0680 e. The van der Waals surface area contributed by atoms with Crippen LogP contribution in [-0.4, -0.2) is 25.5 Å². The third-order valence-corrected chi connectivity index (χ3v) is 6.34. The Kier molecular flexibility index (Phi) is 6.59. The molecule has 0 N–H and O–H groups in total. The zero-order valence-electron chi connectivity index (χ0n) is 12.6. The summed E-state index contributed by atoms with van der Waals surface area (Å²) in [7, 11) is 4.25. The van der Waals surface area contributed by atoms with Crippen LogP contribution < -0.4 is 0 Å². The zero-order valence-corrected chi connectivity index (χ0v) is 16.7. The SMILES string of the molecule is CN(C)CC/C=C1/c2cc(Br)ccc2CSc2sccc21.Cl. The second-order valence-corrected chi connectivity index (χ2v) is 8.50. The van der Waals surface area contributed by atoms with E-state index in [1.54, 1.807) is 0 Å². The molecule has 1 aromatic heterocycles. The molecule has 0 saturated heterocycles. The van der Waals surface area contributed by atoms with Crippen molar-refractivity contribution in [2.45, 2.75) is 16.4 Å². The van der Waals surface area contributed by atoms with E-state index in [-0.39, 0.29) is 12.4 Å². The van der Waals surface area contributed by atoms with Gasteiger partial charge in [0.1, 0.15) is 0 Å². The van der Waals surface area contributed by atoms with Gasteiger partial charge in [0.15, 0.2) is 0 Å². The van der Waals surface area contributed by atoms with Crippen molar-refractivity contribution in [1.29, 1.82) is 0 Å². The Morgan fingerprint density at radius 3 is 2.82 bits per heavy atom. The van der Waals surface area contributed by atoms with E-state index in [1.807, 2.05) is 23.1 Å². The lowest BCUT2D eigenvalue weighted by Crippen LogP contribution is -2.12. The number of hydrogen-bond acceptors (Lipinski definition) is 3. The van der Waals surface area contributed by atoms with Crippen LogP contribution in [0.25, 0.3) is 5.57 Å². The normalized spacial score (nSPS) is 15.2. The van der Waals surface area contributed by atoms with Gasteiger partial charge < -0.3 is 4.90 Å². The highest BCUT2D eigenvalue weighted by atomic mass is 79.9. The predicted molar refractivity (Wildman–Crippen MR) is 106 cm³/mol. The van der Waals surface area contributed by atoms with Crippen LogP contribution in [0.4, 0.5) is 0 Å². The molecule has 2 heterocycles. The van der Waals surface area contributed by atoms with E-state index in [2.05, 4.69) is 70.6 Å². The molecule has 0 radical (unpaired) electrons. The monoisotopic (exact) mass is 415 g/mol. The molecule has 5 heteroatoms. The summed E-state index contributed by atoms with van der Waals surface area (Å²) in [5.74, 6) is 1.06. The molecule has 0 bridgehead atoms. The minimum atomic E-state index is 0. The van der Waals surface area contributed by atoms with Crippen molar-refractivity contribution in [1.82, 2.24) is 4.90 Å². The van der Waals surface area contributed by atoms with Crippen LogP contribution in [0.2, 0.25) is 0 Å². The molecule has 0 fully saturated rings. The van der Waals surface area contributed by atoms with Crippen LogP contribution in [0.5, 0.6) is 0 Å². The highest BCUT2D eigenvalue weighted by molar-refractivity contribution is 9.10. The second kappa shape index (κ2) is 8.02. The van der Waals surface area contributed by atoms with E-state index >= 15 is 0 Å². The second-order valence-electron chi connectivity index (χ2n) is 5.42. The zero-order chi connectivity index (χ0) is 14.8. The van der Waals surface area contributed by atoms with Crippen molar-refractivity contribution >= 4 is 57.0 Å². The van der Waals surface area contributed by atoms with Gasteiger partial charge in [0.25, 0.3) is 0 Å². The molecule has 1 aliphatic heterocycles. The van der Waals surface area contributed by atoms with Gasteiger partial charge in [0.05, 0.1) is 4.21 Å². The van der Waals surface area contributed by atoms with Crippen molar-refractivity contribution in [2.24, 2.45) is 0 Å². The molecular formula is C17H19BrClNS2. The Labute approximate surface area is 155 Å². The molecule has 0 atom stereocenters. The molecule has 3 rings (SSSR count). The molecule has 1 aromatic carbocycles. The molecule has 0 spiro atoms. The van der Waals surface area contributed by atoms with Gasteiger partial charge in [-0.3, -0.25) is 0 Å². The molecule has 118 valence electrons. The summed E-state index contributed by atoms with van der Waals surface area (Å²) in [5.41, 5.74) is 5.62. The van der Waals surface area contributed by atoms with Gasteiger partial charge in [-0.05, 0) is 60.8 Å². The number of nitrogens with zero attached hydrogens (tertiary/aromatic N) is 1. The van der Waals surface area contributed by atoms with Crippen molar-refractivity contribution < 1.29 is 0 Å². The van der Waals surface area contributed by atoms with E-state index in [0.29, 0.717) is 0 Å². The van der Waals surface area contributed by atoms with Gasteiger partial charge in [-0.1, -0.05) is 28.1 Å². The van der Waals surface area contributed by atoms with Gasteiger partial charge in [-0.25, -0.2) is 0 Å². The third-order valence-electron chi connectivity index (χ3n) is 3.57. The number of fused-ring (bicyclic) bond motifs is 2. The maximum absolute atomic E-state index is 3.63. The molecule has 0 aliphatic carbocycles. The maximum atomic E-state index is 3.63. The van der Waals surface area contributed by atoms with E-state index in [0.717, 1.165) is 23.2 Å². The number of thiophene rings is 1. The van der Waals surface area contributed by atoms with Gasteiger partial charge in [-0.2, -0.15) is 0 Å². The summed E-state index contributed by atoms with van der Waals surface area (Å²) in [6, 6.07) is 8.94. The Morgan fingerprint density at radius 1 is 1.23 bits per heavy atom. The number of hydrogen-bond donors (Lipinski definition) is 0.